The second-order valence-corrected chi connectivity index (χ2v) is 12.7. The Labute approximate surface area is 279 Å². The number of hydrogen-bond donors (Lipinski definition) is 0. The largest absolute Gasteiger partial charge is 0.457 e. The number of nitrogens with zero attached hydrogens (tertiary/aromatic N) is 4. The second kappa shape index (κ2) is 11.0. The lowest BCUT2D eigenvalue weighted by Crippen LogP contribution is -2.30. The minimum absolute atomic E-state index is 0.269. The maximum Gasteiger partial charge on any atom is 0.145 e. The minimum atomic E-state index is -0.269. The quantitative estimate of drug-likeness (QED) is 0.192. The van der Waals surface area contributed by atoms with Crippen LogP contribution in [0.5, 0.6) is 11.5 Å². The van der Waals surface area contributed by atoms with Crippen LogP contribution in [0.1, 0.15) is 25.0 Å². The number of benzene rings is 5. The Morgan fingerprint density at radius 3 is 2.19 bits per heavy atom. The number of para-hydroxylation sites is 2. The fraction of sp³-hybridized carbons (Fsp3) is 0.0698. The molecule has 4 heterocycles. The molecule has 5 aromatic carbocycles. The fourth-order valence-electron chi connectivity index (χ4n) is 7.40. The standard InChI is InChI=1S/C43H32N4O/c1-43(2)35-20-6-7-22-37(35)46(30-14-4-3-5-15-30)39-24-23-38-40(41(39)43)34-19-12-26-45-42(34)47(38)31-16-11-18-33(28-31)48-32-17-10-13-29(27-32)36-21-8-9-25-44-36/h3-28H,1-2H3. The first-order chi connectivity index (χ1) is 23.6. The summed E-state index contributed by atoms with van der Waals surface area (Å²) in [6.07, 6.45) is 3.69. The molecule has 5 nitrogen and oxygen atoms in total. The van der Waals surface area contributed by atoms with Crippen molar-refractivity contribution in [1.29, 1.82) is 0 Å². The van der Waals surface area contributed by atoms with Crippen molar-refractivity contribution in [2.75, 3.05) is 4.90 Å². The first kappa shape index (κ1) is 28.1. The zero-order valence-electron chi connectivity index (χ0n) is 26.7. The first-order valence-corrected chi connectivity index (χ1v) is 16.2. The number of rotatable bonds is 5. The summed E-state index contributed by atoms with van der Waals surface area (Å²) in [6.45, 7) is 4.69. The van der Waals surface area contributed by atoms with E-state index < -0.39 is 0 Å². The van der Waals surface area contributed by atoms with Gasteiger partial charge in [-0.2, -0.15) is 0 Å². The Morgan fingerprint density at radius 2 is 1.33 bits per heavy atom. The van der Waals surface area contributed by atoms with Gasteiger partial charge in [0.1, 0.15) is 17.1 Å². The van der Waals surface area contributed by atoms with Gasteiger partial charge in [-0.05, 0) is 90.0 Å². The Morgan fingerprint density at radius 1 is 0.583 bits per heavy atom. The van der Waals surface area contributed by atoms with Crippen LogP contribution >= 0.6 is 0 Å². The van der Waals surface area contributed by atoms with Crippen LogP contribution in [0.4, 0.5) is 17.1 Å². The summed E-state index contributed by atoms with van der Waals surface area (Å²) in [5, 5.41) is 2.34. The topological polar surface area (TPSA) is 43.2 Å². The van der Waals surface area contributed by atoms with Crippen LogP contribution < -0.4 is 9.64 Å². The van der Waals surface area contributed by atoms with E-state index in [1.54, 1.807) is 0 Å². The van der Waals surface area contributed by atoms with Gasteiger partial charge in [-0.15, -0.1) is 0 Å². The maximum absolute atomic E-state index is 6.46. The zero-order valence-corrected chi connectivity index (χ0v) is 26.7. The predicted molar refractivity (Wildman–Crippen MR) is 195 cm³/mol. The van der Waals surface area contributed by atoms with Gasteiger partial charge >= 0.3 is 0 Å². The predicted octanol–water partition coefficient (Wildman–Crippen LogP) is 11.1. The molecule has 0 saturated carbocycles. The lowest BCUT2D eigenvalue weighted by Gasteiger charge is -2.42. The van der Waals surface area contributed by atoms with Crippen molar-refractivity contribution in [1.82, 2.24) is 14.5 Å². The summed E-state index contributed by atoms with van der Waals surface area (Å²) < 4.78 is 8.73. The van der Waals surface area contributed by atoms with E-state index in [-0.39, 0.29) is 5.41 Å². The number of fused-ring (bicyclic) bond motifs is 6. The SMILES string of the molecule is CC1(C)c2ccccc2N(c2ccccc2)c2ccc3c(c21)c1cccnc1n3-c1cccc(Oc2cccc(-c3ccccn3)c2)c1. The Hall–Kier alpha value is -6.20. The third-order valence-electron chi connectivity index (χ3n) is 9.47. The molecule has 0 fully saturated rings. The Balaban J connectivity index is 1.22. The molecule has 5 heteroatoms. The summed E-state index contributed by atoms with van der Waals surface area (Å²) in [5.41, 5.74) is 10.8. The van der Waals surface area contributed by atoms with Crippen LogP contribution in [0.25, 0.3) is 38.9 Å². The molecule has 0 spiro atoms. The molecule has 0 saturated heterocycles. The highest BCUT2D eigenvalue weighted by molar-refractivity contribution is 6.13. The lowest BCUT2D eigenvalue weighted by molar-refractivity contribution is 0.482. The van der Waals surface area contributed by atoms with E-state index in [1.807, 2.05) is 67.0 Å². The van der Waals surface area contributed by atoms with Crippen LogP contribution in [0, 0.1) is 0 Å². The van der Waals surface area contributed by atoms with Gasteiger partial charge in [0, 0.05) is 45.9 Å². The first-order valence-electron chi connectivity index (χ1n) is 16.2. The van der Waals surface area contributed by atoms with Crippen LogP contribution in [0.2, 0.25) is 0 Å². The monoisotopic (exact) mass is 620 g/mol. The van der Waals surface area contributed by atoms with Crippen LogP contribution in [0.3, 0.4) is 0 Å². The van der Waals surface area contributed by atoms with Crippen LogP contribution in [-0.2, 0) is 5.41 Å². The van der Waals surface area contributed by atoms with E-state index >= 15 is 0 Å². The lowest BCUT2D eigenvalue weighted by atomic mass is 9.72. The van der Waals surface area contributed by atoms with Crippen molar-refractivity contribution in [3.05, 3.63) is 169 Å². The molecule has 3 aromatic heterocycles. The van der Waals surface area contributed by atoms with E-state index in [0.29, 0.717) is 0 Å². The van der Waals surface area contributed by atoms with Crippen LogP contribution in [0.15, 0.2) is 158 Å². The summed E-state index contributed by atoms with van der Waals surface area (Å²) in [4.78, 5) is 11.9. The number of hydrogen-bond acceptors (Lipinski definition) is 4. The van der Waals surface area contributed by atoms with Crippen molar-refractivity contribution in [3.63, 3.8) is 0 Å². The summed E-state index contributed by atoms with van der Waals surface area (Å²) in [5.74, 6) is 1.50. The third-order valence-corrected chi connectivity index (χ3v) is 9.47. The normalized spacial score (nSPS) is 13.3. The van der Waals surface area contributed by atoms with E-state index in [1.165, 1.54) is 27.9 Å². The van der Waals surface area contributed by atoms with E-state index in [0.717, 1.165) is 50.7 Å². The third kappa shape index (κ3) is 4.39. The van der Waals surface area contributed by atoms with Crippen molar-refractivity contribution >= 4 is 39.0 Å². The molecule has 0 radical (unpaired) electrons. The average molecular weight is 621 g/mol. The number of ether oxygens (including phenoxy) is 1. The highest BCUT2D eigenvalue weighted by Crippen LogP contribution is 2.55. The van der Waals surface area contributed by atoms with Gasteiger partial charge in [-0.25, -0.2) is 4.98 Å². The van der Waals surface area contributed by atoms with Crippen molar-refractivity contribution in [2.24, 2.45) is 0 Å². The molecule has 48 heavy (non-hydrogen) atoms. The molecule has 0 unspecified atom stereocenters. The maximum atomic E-state index is 6.46. The Bertz CT molecular complexity index is 2470. The van der Waals surface area contributed by atoms with Crippen molar-refractivity contribution < 1.29 is 4.74 Å². The summed E-state index contributed by atoms with van der Waals surface area (Å²) in [6, 6.07) is 50.5. The fourth-order valence-corrected chi connectivity index (χ4v) is 7.40. The minimum Gasteiger partial charge on any atom is -0.457 e. The molecule has 0 bridgehead atoms. The molecule has 9 rings (SSSR count). The smallest absolute Gasteiger partial charge is 0.145 e. The molecule has 8 aromatic rings. The van der Waals surface area contributed by atoms with E-state index in [4.69, 9.17) is 9.72 Å². The second-order valence-electron chi connectivity index (χ2n) is 12.7. The number of anilines is 3. The molecule has 0 atom stereocenters. The molecule has 1 aliphatic rings. The van der Waals surface area contributed by atoms with Crippen molar-refractivity contribution in [3.8, 4) is 28.4 Å². The van der Waals surface area contributed by atoms with Crippen LogP contribution in [-0.4, -0.2) is 14.5 Å². The van der Waals surface area contributed by atoms with E-state index in [9.17, 15) is 0 Å². The highest BCUT2D eigenvalue weighted by Gasteiger charge is 2.39. The van der Waals surface area contributed by atoms with Gasteiger partial charge in [0.15, 0.2) is 0 Å². The number of aromatic nitrogens is 3. The molecule has 0 amide bonds. The van der Waals surface area contributed by atoms with E-state index in [2.05, 4.69) is 119 Å². The van der Waals surface area contributed by atoms with Gasteiger partial charge < -0.3 is 9.64 Å². The van der Waals surface area contributed by atoms with Gasteiger partial charge in [0.25, 0.3) is 0 Å². The summed E-state index contributed by atoms with van der Waals surface area (Å²) in [7, 11) is 0. The molecule has 0 aliphatic carbocycles. The molecule has 1 aliphatic heterocycles. The van der Waals surface area contributed by atoms with Crippen molar-refractivity contribution in [2.45, 2.75) is 19.3 Å². The zero-order chi connectivity index (χ0) is 32.2. The van der Waals surface area contributed by atoms with Gasteiger partial charge in [-0.1, -0.05) is 74.5 Å². The molecular formula is C43H32N4O. The van der Waals surface area contributed by atoms with Gasteiger partial charge in [-0.3, -0.25) is 9.55 Å². The van der Waals surface area contributed by atoms with Gasteiger partial charge in [0.05, 0.1) is 28.3 Å². The Kier molecular flexibility index (Phi) is 6.40. The summed E-state index contributed by atoms with van der Waals surface area (Å²) >= 11 is 0. The average Bonchev–Trinajstić information content (AvgIpc) is 3.47. The molecule has 230 valence electrons. The number of pyridine rings is 2. The molecular weight excluding hydrogens is 589 g/mol. The highest BCUT2D eigenvalue weighted by atomic mass is 16.5. The molecule has 0 N–H and O–H groups in total. The van der Waals surface area contributed by atoms with Gasteiger partial charge in [0.2, 0.25) is 0 Å².